The predicted octanol–water partition coefficient (Wildman–Crippen LogP) is 5.92. The van der Waals surface area contributed by atoms with E-state index in [4.69, 9.17) is 4.74 Å². The molecule has 3 aromatic carbocycles. The summed E-state index contributed by atoms with van der Waals surface area (Å²) >= 11 is 0. The average molecular weight is 477 g/mol. The summed E-state index contributed by atoms with van der Waals surface area (Å²) < 4.78 is 36.0. The molecule has 34 heavy (non-hydrogen) atoms. The number of fused-ring (bicyclic) bond motifs is 1. The molecule has 0 amide bonds. The molecule has 0 bridgehead atoms. The summed E-state index contributed by atoms with van der Waals surface area (Å²) in [6.45, 7) is 7.35. The maximum atomic E-state index is 14.1. The van der Waals surface area contributed by atoms with Gasteiger partial charge in [0.1, 0.15) is 12.3 Å². The first-order valence-corrected chi connectivity index (χ1v) is 13.0. The van der Waals surface area contributed by atoms with Crippen LogP contribution in [0.25, 0.3) is 22.2 Å². The van der Waals surface area contributed by atoms with Crippen LogP contribution in [0.1, 0.15) is 30.9 Å². The molecule has 178 valence electrons. The number of hydrogen-bond donors (Lipinski definition) is 0. The smallest absolute Gasteiger partial charge is 0.268 e. The number of benzene rings is 3. The van der Waals surface area contributed by atoms with E-state index in [1.807, 2.05) is 86.6 Å². The van der Waals surface area contributed by atoms with E-state index in [-0.39, 0.29) is 4.90 Å². The zero-order chi connectivity index (χ0) is 24.5. The highest BCUT2D eigenvalue weighted by molar-refractivity contribution is 7.90. The van der Waals surface area contributed by atoms with Gasteiger partial charge in [0, 0.05) is 17.5 Å². The minimum Gasteiger partial charge on any atom is -0.489 e. The molecule has 1 heterocycles. The topological polar surface area (TPSA) is 51.5 Å². The second kappa shape index (κ2) is 9.65. The Morgan fingerprint density at radius 1 is 0.941 bits per heavy atom. The average Bonchev–Trinajstić information content (AvgIpc) is 3.13. The van der Waals surface area contributed by atoms with Crippen LogP contribution in [0.4, 0.5) is 0 Å². The first-order valence-electron chi connectivity index (χ1n) is 11.5. The van der Waals surface area contributed by atoms with Crippen molar-refractivity contribution in [3.05, 3.63) is 83.9 Å². The highest BCUT2D eigenvalue weighted by Crippen LogP contribution is 2.42. The maximum absolute atomic E-state index is 14.1. The van der Waals surface area contributed by atoms with E-state index < -0.39 is 10.0 Å². The molecule has 6 heteroatoms. The number of ether oxygens (including phenoxy) is 1. The van der Waals surface area contributed by atoms with Crippen molar-refractivity contribution >= 4 is 20.9 Å². The lowest BCUT2D eigenvalue weighted by Crippen LogP contribution is -2.19. The molecule has 0 radical (unpaired) electrons. The van der Waals surface area contributed by atoms with Gasteiger partial charge in [0.15, 0.2) is 5.75 Å². The van der Waals surface area contributed by atoms with Gasteiger partial charge < -0.3 is 9.64 Å². The molecule has 0 N–H and O–H groups in total. The summed E-state index contributed by atoms with van der Waals surface area (Å²) in [7, 11) is 0.0786. The number of aryl methyl sites for hydroxylation is 1. The molecular weight excluding hydrogens is 444 g/mol. The number of likely N-dealkylation sites (N-methyl/N-ethyl adjacent to an activating group) is 1. The molecule has 1 aromatic heterocycles. The maximum Gasteiger partial charge on any atom is 0.268 e. The van der Waals surface area contributed by atoms with Crippen molar-refractivity contribution in [2.45, 2.75) is 31.6 Å². The van der Waals surface area contributed by atoms with E-state index in [9.17, 15) is 8.42 Å². The van der Waals surface area contributed by atoms with E-state index in [1.165, 1.54) is 3.97 Å². The third kappa shape index (κ3) is 4.61. The number of nitrogens with zero attached hydrogens (tertiary/aromatic N) is 2. The fourth-order valence-electron chi connectivity index (χ4n) is 4.05. The Morgan fingerprint density at radius 3 is 2.24 bits per heavy atom. The van der Waals surface area contributed by atoms with Crippen molar-refractivity contribution in [2.75, 3.05) is 27.2 Å². The van der Waals surface area contributed by atoms with Crippen LogP contribution in [0.5, 0.6) is 5.75 Å². The molecule has 5 nitrogen and oxygen atoms in total. The van der Waals surface area contributed by atoms with Crippen LogP contribution in [-0.4, -0.2) is 44.5 Å². The molecular formula is C28H32N2O3S. The largest absolute Gasteiger partial charge is 0.489 e. The van der Waals surface area contributed by atoms with Gasteiger partial charge in [0.05, 0.1) is 10.4 Å². The van der Waals surface area contributed by atoms with E-state index in [0.29, 0.717) is 29.5 Å². The minimum absolute atomic E-state index is 0.256. The monoisotopic (exact) mass is 476 g/mol. The lowest BCUT2D eigenvalue weighted by atomic mass is 10.0. The van der Waals surface area contributed by atoms with Gasteiger partial charge in [-0.2, -0.15) is 0 Å². The van der Waals surface area contributed by atoms with Crippen LogP contribution >= 0.6 is 0 Å². The van der Waals surface area contributed by atoms with Gasteiger partial charge in [-0.25, -0.2) is 12.4 Å². The minimum atomic E-state index is -3.89. The van der Waals surface area contributed by atoms with Crippen molar-refractivity contribution < 1.29 is 13.2 Å². The molecule has 0 aliphatic carbocycles. The summed E-state index contributed by atoms with van der Waals surface area (Å²) in [5.41, 5.74) is 4.09. The summed E-state index contributed by atoms with van der Waals surface area (Å²) in [6.07, 6.45) is 0. The summed E-state index contributed by atoms with van der Waals surface area (Å²) in [5.74, 6) is 0.915. The first-order chi connectivity index (χ1) is 16.2. The van der Waals surface area contributed by atoms with Gasteiger partial charge >= 0.3 is 0 Å². The summed E-state index contributed by atoms with van der Waals surface area (Å²) in [4.78, 5) is 2.30. The van der Waals surface area contributed by atoms with Gasteiger partial charge in [0.2, 0.25) is 0 Å². The van der Waals surface area contributed by atoms with Crippen molar-refractivity contribution in [3.63, 3.8) is 0 Å². The Bertz CT molecular complexity index is 1390. The molecule has 4 rings (SSSR count). The highest BCUT2D eigenvalue weighted by Gasteiger charge is 2.29. The van der Waals surface area contributed by atoms with Gasteiger partial charge in [-0.3, -0.25) is 0 Å². The number of aromatic nitrogens is 1. The molecule has 0 unspecified atom stereocenters. The van der Waals surface area contributed by atoms with Crippen molar-refractivity contribution in [1.29, 1.82) is 0 Å². The lowest BCUT2D eigenvalue weighted by molar-refractivity contribution is 0.264. The van der Waals surface area contributed by atoms with E-state index >= 15 is 0 Å². The second-order valence-corrected chi connectivity index (χ2v) is 11.0. The van der Waals surface area contributed by atoms with Gasteiger partial charge in [0.25, 0.3) is 10.0 Å². The molecule has 0 saturated heterocycles. The Morgan fingerprint density at radius 2 is 1.62 bits per heavy atom. The Hall–Kier alpha value is -3.09. The molecule has 0 spiro atoms. The number of hydrogen-bond acceptors (Lipinski definition) is 4. The van der Waals surface area contributed by atoms with Crippen LogP contribution in [0.2, 0.25) is 0 Å². The zero-order valence-electron chi connectivity index (χ0n) is 20.4. The Kier molecular flexibility index (Phi) is 6.82. The molecule has 0 saturated carbocycles. The van der Waals surface area contributed by atoms with E-state index in [0.717, 1.165) is 28.6 Å². The highest BCUT2D eigenvalue weighted by atomic mass is 32.2. The van der Waals surface area contributed by atoms with Crippen LogP contribution < -0.4 is 4.74 Å². The standard InChI is InChI=1S/C28H32N2O3S/c1-20(2)22-12-14-24(15-13-22)34(31,32)30-26-16-11-21(3)19-25(26)28(33-18-17-29(4)5)27(30)23-9-7-6-8-10-23/h6-16,19-20H,17-18H2,1-5H3. The quantitative estimate of drug-likeness (QED) is 0.317. The normalized spacial score (nSPS) is 12.1. The van der Waals surface area contributed by atoms with Crippen LogP contribution in [0, 0.1) is 6.92 Å². The van der Waals surface area contributed by atoms with Crippen molar-refractivity contribution in [2.24, 2.45) is 0 Å². The van der Waals surface area contributed by atoms with Crippen molar-refractivity contribution in [3.8, 4) is 17.0 Å². The molecule has 0 aliphatic heterocycles. The van der Waals surface area contributed by atoms with Gasteiger partial charge in [-0.05, 0) is 56.8 Å². The third-order valence-corrected chi connectivity index (χ3v) is 7.68. The van der Waals surface area contributed by atoms with Crippen LogP contribution in [0.15, 0.2) is 77.7 Å². The fourth-order valence-corrected chi connectivity index (χ4v) is 5.59. The molecule has 0 aliphatic rings. The van der Waals surface area contributed by atoms with Gasteiger partial charge in [-0.15, -0.1) is 0 Å². The third-order valence-electron chi connectivity index (χ3n) is 5.95. The second-order valence-electron chi connectivity index (χ2n) is 9.21. The fraction of sp³-hybridized carbons (Fsp3) is 0.286. The molecule has 0 atom stereocenters. The SMILES string of the molecule is Cc1ccc2c(c1)c(OCCN(C)C)c(-c1ccccc1)n2S(=O)(=O)c1ccc(C(C)C)cc1. The lowest BCUT2D eigenvalue weighted by Gasteiger charge is -2.15. The van der Waals surface area contributed by atoms with E-state index in [2.05, 4.69) is 13.8 Å². The van der Waals surface area contributed by atoms with E-state index in [1.54, 1.807) is 12.1 Å². The zero-order valence-corrected chi connectivity index (χ0v) is 21.3. The molecule has 4 aromatic rings. The first kappa shape index (κ1) is 24.0. The number of rotatable bonds is 8. The molecule has 0 fully saturated rings. The van der Waals surface area contributed by atoms with Crippen LogP contribution in [-0.2, 0) is 10.0 Å². The van der Waals surface area contributed by atoms with Crippen molar-refractivity contribution in [1.82, 2.24) is 8.87 Å². The summed E-state index contributed by atoms with van der Waals surface area (Å²) in [6, 6.07) is 22.6. The van der Waals surface area contributed by atoms with Crippen LogP contribution in [0.3, 0.4) is 0 Å². The van der Waals surface area contributed by atoms with Gasteiger partial charge in [-0.1, -0.05) is 67.9 Å². The Balaban J connectivity index is 2.00. The Labute approximate surface area is 202 Å². The predicted molar refractivity (Wildman–Crippen MR) is 139 cm³/mol. The summed E-state index contributed by atoms with van der Waals surface area (Å²) in [5, 5.41) is 0.792.